The van der Waals surface area contributed by atoms with Crippen molar-refractivity contribution < 1.29 is 9.23 Å². The lowest BCUT2D eigenvalue weighted by atomic mass is 10.2. The summed E-state index contributed by atoms with van der Waals surface area (Å²) >= 11 is 0. The van der Waals surface area contributed by atoms with Gasteiger partial charge >= 0.3 is 0 Å². The number of benzene rings is 1. The Morgan fingerprint density at radius 1 is 1.38 bits per heavy atom. The van der Waals surface area contributed by atoms with E-state index in [1.165, 1.54) is 30.6 Å². The average molecular weight is 359 g/mol. The lowest BCUT2D eigenvalue weighted by molar-refractivity contribution is -0.0319. The predicted molar refractivity (Wildman–Crippen MR) is 102 cm³/mol. The maximum Gasteiger partial charge on any atom is 0.204 e. The van der Waals surface area contributed by atoms with Gasteiger partial charge < -0.3 is 11.1 Å². The van der Waals surface area contributed by atoms with Gasteiger partial charge in [-0.15, -0.1) is 6.42 Å². The first kappa shape index (κ1) is 20.7. The van der Waals surface area contributed by atoms with Crippen molar-refractivity contribution in [3.8, 4) is 12.3 Å². The largest absolute Gasteiger partial charge is 0.370 e. The van der Waals surface area contributed by atoms with E-state index in [0.717, 1.165) is 5.56 Å². The van der Waals surface area contributed by atoms with Crippen LogP contribution >= 0.6 is 0 Å². The number of halogens is 1. The van der Waals surface area contributed by atoms with E-state index < -0.39 is 0 Å². The van der Waals surface area contributed by atoms with Crippen LogP contribution in [0.2, 0.25) is 0 Å². The Labute approximate surface area is 152 Å². The molecule has 9 heteroatoms. The highest BCUT2D eigenvalue weighted by molar-refractivity contribution is 5.98. The van der Waals surface area contributed by atoms with Crippen LogP contribution in [0.25, 0.3) is 0 Å². The molecule has 0 spiro atoms. The second-order valence-corrected chi connectivity index (χ2v) is 4.78. The summed E-state index contributed by atoms with van der Waals surface area (Å²) in [6.07, 6.45) is 6.58. The van der Waals surface area contributed by atoms with Crippen LogP contribution in [0.3, 0.4) is 0 Å². The molecular weight excluding hydrogens is 337 g/mol. The molecule has 26 heavy (non-hydrogen) atoms. The van der Waals surface area contributed by atoms with Crippen LogP contribution in [-0.4, -0.2) is 44.0 Å². The van der Waals surface area contributed by atoms with Crippen LogP contribution in [0.15, 0.2) is 51.6 Å². The van der Waals surface area contributed by atoms with Gasteiger partial charge in [0.25, 0.3) is 0 Å². The monoisotopic (exact) mass is 359 g/mol. The topological polar surface area (TPSA) is 99.6 Å². The van der Waals surface area contributed by atoms with E-state index in [0.29, 0.717) is 5.82 Å². The Bertz CT molecular complexity index is 720. The van der Waals surface area contributed by atoms with Crippen molar-refractivity contribution in [1.82, 2.24) is 15.7 Å². The van der Waals surface area contributed by atoms with Crippen LogP contribution in [0, 0.1) is 18.2 Å². The maximum absolute atomic E-state index is 13.0. The van der Waals surface area contributed by atoms with E-state index in [1.54, 1.807) is 19.2 Å². The molecule has 0 amide bonds. The van der Waals surface area contributed by atoms with Crippen molar-refractivity contribution in [2.24, 2.45) is 20.7 Å². The van der Waals surface area contributed by atoms with Gasteiger partial charge in [-0.05, 0) is 17.7 Å². The third-order valence-corrected chi connectivity index (χ3v) is 2.87. The average Bonchev–Trinajstić information content (AvgIpc) is 2.63. The first-order valence-electron chi connectivity index (χ1n) is 7.51. The molecule has 0 saturated heterocycles. The van der Waals surface area contributed by atoms with Crippen molar-refractivity contribution in [2.45, 2.75) is 6.54 Å². The molecule has 1 rings (SSSR count). The van der Waals surface area contributed by atoms with Gasteiger partial charge in [-0.2, -0.15) is 5.06 Å². The summed E-state index contributed by atoms with van der Waals surface area (Å²) < 4.78 is 13.0. The van der Waals surface area contributed by atoms with Crippen LogP contribution in [0.4, 0.5) is 4.39 Å². The number of rotatable bonds is 7. The van der Waals surface area contributed by atoms with E-state index in [4.69, 9.17) is 17.0 Å². The summed E-state index contributed by atoms with van der Waals surface area (Å²) in [5.41, 5.74) is 6.57. The second kappa shape index (κ2) is 11.2. The molecule has 138 valence electrons. The molecule has 0 unspecified atom stereocenters. The van der Waals surface area contributed by atoms with Crippen LogP contribution in [0.5, 0.6) is 0 Å². The molecule has 0 fully saturated rings. The highest BCUT2D eigenvalue weighted by Crippen LogP contribution is 2.04. The van der Waals surface area contributed by atoms with Gasteiger partial charge in [0.05, 0.1) is 13.7 Å². The number of guanidine groups is 2. The molecule has 0 aliphatic carbocycles. The molecule has 0 aliphatic rings. The minimum atomic E-state index is -0.317. The number of aliphatic imine (C=N–C) groups is 3. The first-order valence-corrected chi connectivity index (χ1v) is 7.51. The molecule has 0 saturated carbocycles. The molecule has 4 N–H and O–H groups in total. The summed E-state index contributed by atoms with van der Waals surface area (Å²) in [7, 11) is 3.05. The molecule has 0 aromatic heterocycles. The fourth-order valence-corrected chi connectivity index (χ4v) is 1.69. The molecule has 8 nitrogen and oxygen atoms in total. The lowest BCUT2D eigenvalue weighted by Crippen LogP contribution is -2.46. The fourth-order valence-electron chi connectivity index (χ4n) is 1.69. The van der Waals surface area contributed by atoms with Gasteiger partial charge in [-0.3, -0.25) is 15.1 Å². The zero-order valence-electron chi connectivity index (χ0n) is 14.7. The van der Waals surface area contributed by atoms with E-state index in [1.807, 2.05) is 0 Å². The quantitative estimate of drug-likeness (QED) is 0.289. The SMILES string of the molecule is C#CCN=C(N)NC(=NCc1ccc(F)cc1)NC(=C)N(C=NC)OC. The van der Waals surface area contributed by atoms with Crippen LogP contribution in [0.1, 0.15) is 5.56 Å². The van der Waals surface area contributed by atoms with Gasteiger partial charge in [-0.25, -0.2) is 14.4 Å². The number of nitrogens with two attached hydrogens (primary N) is 1. The van der Waals surface area contributed by atoms with Gasteiger partial charge in [0.1, 0.15) is 24.5 Å². The third kappa shape index (κ3) is 7.46. The minimum absolute atomic E-state index is 0.0780. The maximum atomic E-state index is 13.0. The third-order valence-electron chi connectivity index (χ3n) is 2.87. The fraction of sp³-hybridized carbons (Fsp3) is 0.235. The van der Waals surface area contributed by atoms with Crippen molar-refractivity contribution in [2.75, 3.05) is 20.7 Å². The van der Waals surface area contributed by atoms with Gasteiger partial charge in [0.2, 0.25) is 5.96 Å². The molecule has 0 aliphatic heterocycles. The molecule has 1 aromatic rings. The van der Waals surface area contributed by atoms with Crippen LogP contribution < -0.4 is 16.4 Å². The number of terminal acetylenes is 1. The Hall–Kier alpha value is -3.38. The van der Waals surface area contributed by atoms with Crippen molar-refractivity contribution in [1.29, 1.82) is 0 Å². The Kier molecular flexibility index (Phi) is 8.92. The summed E-state index contributed by atoms with van der Waals surface area (Å²) in [5.74, 6) is 2.70. The molecule has 0 atom stereocenters. The number of nitrogens with zero attached hydrogens (tertiary/aromatic N) is 4. The summed E-state index contributed by atoms with van der Waals surface area (Å²) in [4.78, 5) is 17.2. The van der Waals surface area contributed by atoms with Crippen LogP contribution in [-0.2, 0) is 11.4 Å². The first-order chi connectivity index (χ1) is 12.5. The highest BCUT2D eigenvalue weighted by atomic mass is 19.1. The minimum Gasteiger partial charge on any atom is -0.370 e. The molecule has 0 radical (unpaired) electrons. The summed E-state index contributed by atoms with van der Waals surface area (Å²) in [6, 6.07) is 5.98. The Morgan fingerprint density at radius 2 is 2.08 bits per heavy atom. The highest BCUT2D eigenvalue weighted by Gasteiger charge is 2.08. The smallest absolute Gasteiger partial charge is 0.204 e. The molecule has 0 bridgehead atoms. The van der Waals surface area contributed by atoms with Gasteiger partial charge in [0.15, 0.2) is 5.96 Å². The van der Waals surface area contributed by atoms with E-state index in [9.17, 15) is 4.39 Å². The van der Waals surface area contributed by atoms with Gasteiger partial charge in [0, 0.05) is 7.05 Å². The Balaban J connectivity index is 2.93. The Morgan fingerprint density at radius 3 is 2.65 bits per heavy atom. The van der Waals surface area contributed by atoms with E-state index >= 15 is 0 Å². The van der Waals surface area contributed by atoms with Crippen molar-refractivity contribution >= 4 is 18.3 Å². The summed E-state index contributed by atoms with van der Waals surface area (Å²) in [5, 5.41) is 7.00. The van der Waals surface area contributed by atoms with E-state index in [2.05, 4.69) is 38.1 Å². The summed E-state index contributed by atoms with van der Waals surface area (Å²) in [6.45, 7) is 4.22. The zero-order chi connectivity index (χ0) is 19.4. The zero-order valence-corrected chi connectivity index (χ0v) is 14.7. The van der Waals surface area contributed by atoms with Gasteiger partial charge in [-0.1, -0.05) is 24.6 Å². The number of hydroxylamine groups is 2. The lowest BCUT2D eigenvalue weighted by Gasteiger charge is -2.21. The molecule has 1 aromatic carbocycles. The van der Waals surface area contributed by atoms with Crippen molar-refractivity contribution in [3.05, 3.63) is 48.0 Å². The van der Waals surface area contributed by atoms with Crippen molar-refractivity contribution in [3.63, 3.8) is 0 Å². The second-order valence-electron chi connectivity index (χ2n) is 4.78. The predicted octanol–water partition coefficient (Wildman–Crippen LogP) is 0.802. The van der Waals surface area contributed by atoms with E-state index in [-0.39, 0.29) is 30.8 Å². The number of hydrogen-bond acceptors (Lipinski definition) is 4. The standard InChI is InChI=1S/C17H22FN7O/c1-5-10-21-16(19)24-17(23-13(2)25(26-4)12-20-3)22-11-14-6-8-15(18)9-7-14/h1,6-9,12H,2,10-11H2,3-4H3,(H4,19,21,22,23,24). The normalized spacial score (nSPS) is 11.9. The number of hydrogen-bond donors (Lipinski definition) is 3. The molecule has 0 heterocycles. The number of nitrogens with one attached hydrogen (secondary N) is 2. The molecular formula is C17H22FN7O.